The van der Waals surface area contributed by atoms with Crippen LogP contribution < -0.4 is 10.1 Å². The third-order valence-electron chi connectivity index (χ3n) is 4.83. The third kappa shape index (κ3) is 2.78. The molecule has 1 aromatic carbocycles. The van der Waals surface area contributed by atoms with E-state index >= 15 is 0 Å². The van der Waals surface area contributed by atoms with Gasteiger partial charge in [0.25, 0.3) is 0 Å². The van der Waals surface area contributed by atoms with Crippen LogP contribution in [0.3, 0.4) is 0 Å². The molecular weight excluding hydrogens is 269 g/mol. The Bertz CT molecular complexity index is 512. The Labute approximate surface area is 124 Å². The molecule has 0 radical (unpaired) electrons. The van der Waals surface area contributed by atoms with Crippen molar-refractivity contribution in [1.82, 2.24) is 15.1 Å². The number of likely N-dealkylation sites (tertiary alicyclic amines) is 1. The molecule has 0 bridgehead atoms. The number of hydrogen-bond acceptors (Lipinski definition) is 4. The van der Waals surface area contributed by atoms with Crippen LogP contribution in [0.5, 0.6) is 5.75 Å². The fourth-order valence-corrected chi connectivity index (χ4v) is 3.65. The van der Waals surface area contributed by atoms with Crippen LogP contribution in [0.4, 0.5) is 4.39 Å². The van der Waals surface area contributed by atoms with Crippen molar-refractivity contribution in [3.63, 3.8) is 0 Å². The SMILES string of the molecule is Fc1ccc2c(c1)CC(CN1CC(N3CCNCC3)C1)O2. The molecule has 0 spiro atoms. The van der Waals surface area contributed by atoms with Crippen molar-refractivity contribution < 1.29 is 9.13 Å². The lowest BCUT2D eigenvalue weighted by molar-refractivity contribution is 0.00803. The van der Waals surface area contributed by atoms with Gasteiger partial charge in [-0.3, -0.25) is 9.80 Å². The summed E-state index contributed by atoms with van der Waals surface area (Å²) in [5.74, 6) is 0.696. The molecule has 3 heterocycles. The van der Waals surface area contributed by atoms with E-state index in [4.69, 9.17) is 4.74 Å². The van der Waals surface area contributed by atoms with E-state index in [1.807, 2.05) is 0 Å². The maximum Gasteiger partial charge on any atom is 0.123 e. The summed E-state index contributed by atoms with van der Waals surface area (Å²) in [4.78, 5) is 5.05. The quantitative estimate of drug-likeness (QED) is 0.888. The molecule has 21 heavy (non-hydrogen) atoms. The first-order valence-electron chi connectivity index (χ1n) is 7.90. The van der Waals surface area contributed by atoms with E-state index in [0.717, 1.165) is 50.5 Å². The fourth-order valence-electron chi connectivity index (χ4n) is 3.65. The Morgan fingerprint density at radius 3 is 2.86 bits per heavy atom. The summed E-state index contributed by atoms with van der Waals surface area (Å²) in [5.41, 5.74) is 1.01. The summed E-state index contributed by atoms with van der Waals surface area (Å²) in [6.07, 6.45) is 1.02. The van der Waals surface area contributed by atoms with E-state index in [1.54, 1.807) is 12.1 Å². The Balaban J connectivity index is 1.26. The van der Waals surface area contributed by atoms with Gasteiger partial charge in [-0.25, -0.2) is 4.39 Å². The Morgan fingerprint density at radius 2 is 2.05 bits per heavy atom. The number of rotatable bonds is 3. The highest BCUT2D eigenvalue weighted by Gasteiger charge is 2.35. The molecule has 1 unspecified atom stereocenters. The number of nitrogens with zero attached hydrogens (tertiary/aromatic N) is 2. The molecule has 114 valence electrons. The van der Waals surface area contributed by atoms with Gasteiger partial charge in [-0.1, -0.05) is 0 Å². The van der Waals surface area contributed by atoms with Gasteiger partial charge in [0.15, 0.2) is 0 Å². The van der Waals surface area contributed by atoms with E-state index in [0.29, 0.717) is 6.04 Å². The largest absolute Gasteiger partial charge is 0.488 e. The molecular formula is C16H22FN3O. The van der Waals surface area contributed by atoms with Gasteiger partial charge in [0, 0.05) is 63.8 Å². The predicted octanol–water partition coefficient (Wildman–Crippen LogP) is 0.719. The third-order valence-corrected chi connectivity index (χ3v) is 4.83. The summed E-state index contributed by atoms with van der Waals surface area (Å²) in [6, 6.07) is 5.55. The molecule has 0 aromatic heterocycles. The number of piperazine rings is 1. The molecule has 0 amide bonds. The Hall–Kier alpha value is -1.17. The van der Waals surface area contributed by atoms with Crippen molar-refractivity contribution in [3.8, 4) is 5.75 Å². The van der Waals surface area contributed by atoms with Crippen LogP contribution in [0.25, 0.3) is 0 Å². The van der Waals surface area contributed by atoms with Crippen molar-refractivity contribution >= 4 is 0 Å². The molecule has 0 saturated carbocycles. The molecule has 0 aliphatic carbocycles. The first-order valence-corrected chi connectivity index (χ1v) is 7.90. The summed E-state index contributed by atoms with van der Waals surface area (Å²) in [5, 5.41) is 3.40. The lowest BCUT2D eigenvalue weighted by atomic mass is 10.0. The van der Waals surface area contributed by atoms with Gasteiger partial charge in [-0.05, 0) is 18.2 Å². The monoisotopic (exact) mass is 291 g/mol. The standard InChI is InChI=1S/C16H22FN3O/c17-13-1-2-16-12(7-13)8-15(21-16)11-19-9-14(10-19)20-5-3-18-4-6-20/h1-2,7,14-15,18H,3-6,8-11H2. The second kappa shape index (κ2) is 5.55. The molecule has 5 heteroatoms. The Morgan fingerprint density at radius 1 is 1.24 bits per heavy atom. The maximum atomic E-state index is 13.2. The normalized spacial score (nSPS) is 27.2. The molecule has 4 rings (SSSR count). The van der Waals surface area contributed by atoms with Crippen LogP contribution in [0.2, 0.25) is 0 Å². The zero-order valence-electron chi connectivity index (χ0n) is 12.2. The summed E-state index contributed by atoms with van der Waals surface area (Å²) in [7, 11) is 0. The highest BCUT2D eigenvalue weighted by atomic mass is 19.1. The number of nitrogens with one attached hydrogen (secondary N) is 1. The van der Waals surface area contributed by atoms with E-state index < -0.39 is 0 Å². The van der Waals surface area contributed by atoms with Gasteiger partial charge in [0.1, 0.15) is 17.7 Å². The minimum absolute atomic E-state index is 0.166. The van der Waals surface area contributed by atoms with Gasteiger partial charge in [0.2, 0.25) is 0 Å². The fraction of sp³-hybridized carbons (Fsp3) is 0.625. The van der Waals surface area contributed by atoms with Crippen LogP contribution in [-0.4, -0.2) is 67.8 Å². The van der Waals surface area contributed by atoms with E-state index in [-0.39, 0.29) is 11.9 Å². The van der Waals surface area contributed by atoms with Gasteiger partial charge in [-0.15, -0.1) is 0 Å². The summed E-state index contributed by atoms with van der Waals surface area (Å²) >= 11 is 0. The zero-order valence-corrected chi connectivity index (χ0v) is 12.2. The van der Waals surface area contributed by atoms with Crippen molar-refractivity contribution in [2.45, 2.75) is 18.6 Å². The molecule has 3 aliphatic rings. The molecule has 4 nitrogen and oxygen atoms in total. The van der Waals surface area contributed by atoms with Crippen LogP contribution in [-0.2, 0) is 6.42 Å². The lowest BCUT2D eigenvalue weighted by Crippen LogP contribution is -2.63. The average Bonchev–Trinajstić information content (AvgIpc) is 2.85. The Kier molecular flexibility index (Phi) is 3.57. The van der Waals surface area contributed by atoms with E-state index in [9.17, 15) is 4.39 Å². The highest BCUT2D eigenvalue weighted by molar-refractivity contribution is 5.38. The van der Waals surface area contributed by atoms with E-state index in [2.05, 4.69) is 15.1 Å². The first kappa shape index (κ1) is 13.5. The van der Waals surface area contributed by atoms with Gasteiger partial charge >= 0.3 is 0 Å². The molecule has 1 N–H and O–H groups in total. The van der Waals surface area contributed by atoms with Gasteiger partial charge < -0.3 is 10.1 Å². The van der Waals surface area contributed by atoms with Crippen molar-refractivity contribution in [3.05, 3.63) is 29.6 Å². The highest BCUT2D eigenvalue weighted by Crippen LogP contribution is 2.30. The number of ether oxygens (including phenoxy) is 1. The minimum Gasteiger partial charge on any atom is -0.488 e. The first-order chi connectivity index (χ1) is 10.3. The summed E-state index contributed by atoms with van der Waals surface area (Å²) < 4.78 is 19.1. The average molecular weight is 291 g/mol. The topological polar surface area (TPSA) is 27.7 Å². The lowest BCUT2D eigenvalue weighted by Gasteiger charge is -2.47. The second-order valence-electron chi connectivity index (χ2n) is 6.35. The number of benzene rings is 1. The zero-order chi connectivity index (χ0) is 14.2. The minimum atomic E-state index is -0.166. The van der Waals surface area contributed by atoms with Gasteiger partial charge in [0.05, 0.1) is 0 Å². The second-order valence-corrected chi connectivity index (χ2v) is 6.35. The predicted molar refractivity (Wildman–Crippen MR) is 79.2 cm³/mol. The van der Waals surface area contributed by atoms with Crippen LogP contribution in [0, 0.1) is 5.82 Å². The molecule has 2 saturated heterocycles. The number of halogens is 1. The molecule has 3 aliphatic heterocycles. The number of hydrogen-bond donors (Lipinski definition) is 1. The van der Waals surface area contributed by atoms with Crippen LogP contribution in [0.15, 0.2) is 18.2 Å². The van der Waals surface area contributed by atoms with Crippen LogP contribution in [0.1, 0.15) is 5.56 Å². The van der Waals surface area contributed by atoms with Crippen LogP contribution >= 0.6 is 0 Å². The maximum absolute atomic E-state index is 13.2. The smallest absolute Gasteiger partial charge is 0.123 e. The molecule has 1 atom stereocenters. The van der Waals surface area contributed by atoms with Crippen molar-refractivity contribution in [2.24, 2.45) is 0 Å². The van der Waals surface area contributed by atoms with Crippen molar-refractivity contribution in [1.29, 1.82) is 0 Å². The van der Waals surface area contributed by atoms with Crippen molar-refractivity contribution in [2.75, 3.05) is 45.8 Å². The number of fused-ring (bicyclic) bond motifs is 1. The molecule has 2 fully saturated rings. The molecule has 1 aromatic rings. The summed E-state index contributed by atoms with van der Waals surface area (Å²) in [6.45, 7) is 7.81. The van der Waals surface area contributed by atoms with Gasteiger partial charge in [-0.2, -0.15) is 0 Å². The van der Waals surface area contributed by atoms with E-state index in [1.165, 1.54) is 19.2 Å².